The SMILES string of the molecule is Fc1cccc(Nc2cnnc(NCCc3ccccc3F)n2)c1. The van der Waals surface area contributed by atoms with Crippen molar-refractivity contribution in [2.75, 3.05) is 17.2 Å². The first-order valence-electron chi connectivity index (χ1n) is 7.40. The molecule has 24 heavy (non-hydrogen) atoms. The van der Waals surface area contributed by atoms with Gasteiger partial charge in [0.2, 0.25) is 5.95 Å². The van der Waals surface area contributed by atoms with Crippen molar-refractivity contribution in [3.05, 3.63) is 71.9 Å². The van der Waals surface area contributed by atoms with Crippen LogP contribution in [0.25, 0.3) is 0 Å². The van der Waals surface area contributed by atoms with Crippen molar-refractivity contribution < 1.29 is 8.78 Å². The van der Waals surface area contributed by atoms with Crippen LogP contribution in [0.2, 0.25) is 0 Å². The van der Waals surface area contributed by atoms with E-state index in [1.54, 1.807) is 30.3 Å². The number of nitrogens with zero attached hydrogens (tertiary/aromatic N) is 3. The zero-order valence-electron chi connectivity index (χ0n) is 12.7. The second kappa shape index (κ2) is 7.45. The third kappa shape index (κ3) is 4.22. The van der Waals surface area contributed by atoms with Crippen LogP contribution in [0.15, 0.2) is 54.7 Å². The molecule has 0 bridgehead atoms. The maximum absolute atomic E-state index is 13.5. The van der Waals surface area contributed by atoms with Crippen LogP contribution in [0, 0.1) is 11.6 Å². The molecule has 1 heterocycles. The molecule has 7 heteroatoms. The van der Waals surface area contributed by atoms with Gasteiger partial charge in [0.15, 0.2) is 5.82 Å². The fourth-order valence-corrected chi connectivity index (χ4v) is 2.16. The van der Waals surface area contributed by atoms with Crippen LogP contribution in [-0.4, -0.2) is 21.7 Å². The molecule has 0 aliphatic rings. The van der Waals surface area contributed by atoms with Crippen LogP contribution in [0.3, 0.4) is 0 Å². The number of hydrogen-bond donors (Lipinski definition) is 2. The van der Waals surface area contributed by atoms with E-state index >= 15 is 0 Å². The Morgan fingerprint density at radius 3 is 2.71 bits per heavy atom. The molecular weight excluding hydrogens is 312 g/mol. The lowest BCUT2D eigenvalue weighted by atomic mass is 10.1. The third-order valence-corrected chi connectivity index (χ3v) is 3.29. The fraction of sp³-hybridized carbons (Fsp3) is 0.118. The summed E-state index contributed by atoms with van der Waals surface area (Å²) in [6.45, 7) is 0.464. The third-order valence-electron chi connectivity index (χ3n) is 3.29. The molecule has 2 aromatic carbocycles. The van der Waals surface area contributed by atoms with Gasteiger partial charge in [-0.25, -0.2) is 8.78 Å². The molecule has 5 nitrogen and oxygen atoms in total. The Hall–Kier alpha value is -3.09. The van der Waals surface area contributed by atoms with Crippen molar-refractivity contribution in [3.63, 3.8) is 0 Å². The Bertz CT molecular complexity index is 825. The molecule has 0 spiro atoms. The monoisotopic (exact) mass is 327 g/mol. The molecule has 0 unspecified atom stereocenters. The van der Waals surface area contributed by atoms with Crippen molar-refractivity contribution in [1.82, 2.24) is 15.2 Å². The molecule has 3 rings (SSSR count). The molecule has 0 aliphatic heterocycles. The van der Waals surface area contributed by atoms with E-state index in [4.69, 9.17) is 0 Å². The molecule has 0 amide bonds. The summed E-state index contributed by atoms with van der Waals surface area (Å²) >= 11 is 0. The minimum Gasteiger partial charge on any atom is -0.353 e. The summed E-state index contributed by atoms with van der Waals surface area (Å²) in [4.78, 5) is 4.24. The summed E-state index contributed by atoms with van der Waals surface area (Å²) in [6, 6.07) is 12.6. The van der Waals surface area contributed by atoms with Gasteiger partial charge in [0, 0.05) is 12.2 Å². The maximum Gasteiger partial charge on any atom is 0.244 e. The predicted molar refractivity (Wildman–Crippen MR) is 88.1 cm³/mol. The van der Waals surface area contributed by atoms with Crippen molar-refractivity contribution in [1.29, 1.82) is 0 Å². The fourth-order valence-electron chi connectivity index (χ4n) is 2.16. The summed E-state index contributed by atoms with van der Waals surface area (Å²) in [7, 11) is 0. The summed E-state index contributed by atoms with van der Waals surface area (Å²) < 4.78 is 26.7. The van der Waals surface area contributed by atoms with E-state index in [1.807, 2.05) is 0 Å². The van der Waals surface area contributed by atoms with Gasteiger partial charge in [-0.3, -0.25) is 0 Å². The van der Waals surface area contributed by atoms with Gasteiger partial charge in [0.1, 0.15) is 11.6 Å². The van der Waals surface area contributed by atoms with Gasteiger partial charge in [-0.1, -0.05) is 24.3 Å². The van der Waals surface area contributed by atoms with E-state index in [2.05, 4.69) is 25.8 Å². The molecule has 0 saturated carbocycles. The Kier molecular flexibility index (Phi) is 4.90. The van der Waals surface area contributed by atoms with Crippen molar-refractivity contribution in [2.45, 2.75) is 6.42 Å². The summed E-state index contributed by atoms with van der Waals surface area (Å²) in [5.41, 5.74) is 1.18. The molecule has 1 aromatic heterocycles. The molecule has 2 N–H and O–H groups in total. The first-order valence-corrected chi connectivity index (χ1v) is 7.40. The topological polar surface area (TPSA) is 62.7 Å². The van der Waals surface area contributed by atoms with Crippen LogP contribution in [-0.2, 0) is 6.42 Å². The van der Waals surface area contributed by atoms with Crippen molar-refractivity contribution in [3.8, 4) is 0 Å². The molecular formula is C17H15F2N5. The average Bonchev–Trinajstić information content (AvgIpc) is 2.57. The minimum absolute atomic E-state index is 0.236. The Balaban J connectivity index is 1.60. The highest BCUT2D eigenvalue weighted by molar-refractivity contribution is 5.55. The number of halogens is 2. The highest BCUT2D eigenvalue weighted by Gasteiger charge is 2.04. The first-order chi connectivity index (χ1) is 11.7. The van der Waals surface area contributed by atoms with Gasteiger partial charge in [-0.05, 0) is 36.2 Å². The highest BCUT2D eigenvalue weighted by atomic mass is 19.1. The van der Waals surface area contributed by atoms with Crippen molar-refractivity contribution in [2.24, 2.45) is 0 Å². The van der Waals surface area contributed by atoms with Gasteiger partial charge in [0.05, 0.1) is 6.20 Å². The van der Waals surface area contributed by atoms with Gasteiger partial charge in [-0.15, -0.1) is 5.10 Å². The zero-order chi connectivity index (χ0) is 16.8. The van der Waals surface area contributed by atoms with E-state index < -0.39 is 0 Å². The van der Waals surface area contributed by atoms with Crippen LogP contribution in [0.4, 0.5) is 26.2 Å². The Morgan fingerprint density at radius 2 is 1.88 bits per heavy atom. The number of hydrogen-bond acceptors (Lipinski definition) is 5. The molecule has 122 valence electrons. The lowest BCUT2D eigenvalue weighted by Crippen LogP contribution is -2.10. The summed E-state index contributed by atoms with van der Waals surface area (Å²) in [5.74, 6) is 0.168. The van der Waals surface area contributed by atoms with Crippen LogP contribution in [0.5, 0.6) is 0 Å². The number of aromatic nitrogens is 3. The van der Waals surface area contributed by atoms with Crippen LogP contribution in [0.1, 0.15) is 5.56 Å². The lowest BCUT2D eigenvalue weighted by Gasteiger charge is -2.08. The second-order valence-corrected chi connectivity index (χ2v) is 5.07. The van der Waals surface area contributed by atoms with E-state index in [0.717, 1.165) is 0 Å². The summed E-state index contributed by atoms with van der Waals surface area (Å²) in [5, 5.41) is 13.7. The zero-order valence-corrected chi connectivity index (χ0v) is 12.7. The van der Waals surface area contributed by atoms with Gasteiger partial charge in [-0.2, -0.15) is 10.1 Å². The van der Waals surface area contributed by atoms with Crippen molar-refractivity contribution >= 4 is 17.5 Å². The predicted octanol–water partition coefficient (Wildman–Crippen LogP) is 3.55. The van der Waals surface area contributed by atoms with Gasteiger partial charge < -0.3 is 10.6 Å². The lowest BCUT2D eigenvalue weighted by molar-refractivity contribution is 0.610. The molecule has 0 aliphatic carbocycles. The van der Waals surface area contributed by atoms with Crippen LogP contribution >= 0.6 is 0 Å². The van der Waals surface area contributed by atoms with Gasteiger partial charge in [0.25, 0.3) is 0 Å². The second-order valence-electron chi connectivity index (χ2n) is 5.07. The number of anilines is 3. The Labute approximate surface area is 137 Å². The highest BCUT2D eigenvalue weighted by Crippen LogP contribution is 2.15. The Morgan fingerprint density at radius 1 is 1.00 bits per heavy atom. The van der Waals surface area contributed by atoms with E-state index in [9.17, 15) is 8.78 Å². The molecule has 3 aromatic rings. The first kappa shape index (κ1) is 15.8. The number of nitrogens with one attached hydrogen (secondary N) is 2. The average molecular weight is 327 g/mol. The van der Waals surface area contributed by atoms with Gasteiger partial charge >= 0.3 is 0 Å². The molecule has 0 radical (unpaired) electrons. The van der Waals surface area contributed by atoms with E-state index in [1.165, 1.54) is 24.4 Å². The molecule has 0 atom stereocenters. The minimum atomic E-state index is -0.342. The smallest absolute Gasteiger partial charge is 0.244 e. The van der Waals surface area contributed by atoms with E-state index in [0.29, 0.717) is 36.0 Å². The standard InChI is InChI=1S/C17H15F2N5/c18-13-5-3-6-14(10-13)22-16-11-21-24-17(23-16)20-9-8-12-4-1-2-7-15(12)19/h1-7,10-11H,8-9H2,(H2,20,22,23,24). The normalized spacial score (nSPS) is 10.4. The quantitative estimate of drug-likeness (QED) is 0.725. The van der Waals surface area contributed by atoms with Crippen LogP contribution < -0.4 is 10.6 Å². The number of benzene rings is 2. The maximum atomic E-state index is 13.5. The summed E-state index contributed by atoms with van der Waals surface area (Å²) in [6.07, 6.45) is 1.94. The van der Waals surface area contributed by atoms with E-state index in [-0.39, 0.29) is 11.6 Å². The molecule has 0 saturated heterocycles. The molecule has 0 fully saturated rings. The number of rotatable bonds is 6. The largest absolute Gasteiger partial charge is 0.353 e.